The lowest BCUT2D eigenvalue weighted by Gasteiger charge is -2.15. The summed E-state index contributed by atoms with van der Waals surface area (Å²) in [5.74, 6) is 1.33. The van der Waals surface area contributed by atoms with Gasteiger partial charge < -0.3 is 15.0 Å². The normalized spacial score (nSPS) is 14.9. The van der Waals surface area contributed by atoms with Crippen LogP contribution in [-0.2, 0) is 4.74 Å². The van der Waals surface area contributed by atoms with Gasteiger partial charge in [0.25, 0.3) is 5.91 Å². The van der Waals surface area contributed by atoms with Crippen molar-refractivity contribution >= 4 is 5.91 Å². The molecular formula is C12H21N5O2. The average molecular weight is 267 g/mol. The van der Waals surface area contributed by atoms with Gasteiger partial charge in [-0.05, 0) is 19.9 Å². The van der Waals surface area contributed by atoms with Crippen molar-refractivity contribution in [3.05, 3.63) is 11.6 Å². The third kappa shape index (κ3) is 4.29. The Morgan fingerprint density at radius 1 is 1.53 bits per heavy atom. The molecule has 1 aromatic heterocycles. The van der Waals surface area contributed by atoms with Gasteiger partial charge in [-0.25, -0.2) is 4.98 Å². The van der Waals surface area contributed by atoms with E-state index in [-0.39, 0.29) is 11.7 Å². The quantitative estimate of drug-likeness (QED) is 0.692. The van der Waals surface area contributed by atoms with E-state index in [9.17, 15) is 4.79 Å². The first-order valence-electron chi connectivity index (χ1n) is 6.58. The Hall–Kier alpha value is -1.47. The lowest BCUT2D eigenvalue weighted by atomic mass is 10.4. The summed E-state index contributed by atoms with van der Waals surface area (Å²) in [7, 11) is 3.67. The summed E-state index contributed by atoms with van der Waals surface area (Å²) in [5, 5.41) is 9.58. The Labute approximate surface area is 112 Å². The zero-order chi connectivity index (χ0) is 13.7. The first kappa shape index (κ1) is 14.0. The van der Waals surface area contributed by atoms with E-state index in [1.165, 1.54) is 0 Å². The Bertz CT molecular complexity index is 416. The number of carbonyl (C=O) groups is 1. The van der Waals surface area contributed by atoms with Gasteiger partial charge in [0, 0.05) is 32.7 Å². The van der Waals surface area contributed by atoms with Crippen molar-refractivity contribution < 1.29 is 9.53 Å². The highest BCUT2D eigenvalue weighted by molar-refractivity contribution is 5.90. The Morgan fingerprint density at radius 2 is 2.32 bits per heavy atom. The van der Waals surface area contributed by atoms with Gasteiger partial charge in [-0.3, -0.25) is 9.89 Å². The first-order valence-corrected chi connectivity index (χ1v) is 6.58. The molecule has 7 heteroatoms. The molecule has 1 fully saturated rings. The van der Waals surface area contributed by atoms with Crippen molar-refractivity contribution in [3.8, 4) is 0 Å². The maximum Gasteiger partial charge on any atom is 0.291 e. The molecule has 2 rings (SSSR count). The smallest absolute Gasteiger partial charge is 0.291 e. The Balaban J connectivity index is 1.68. The van der Waals surface area contributed by atoms with E-state index < -0.39 is 0 Å². The standard InChI is InChI=1S/C12H21N5O2/c1-17(7-8-19-2)6-5-13-12(18)11-14-10(15-16-11)9-3-4-9/h9H,3-8H2,1-2H3,(H,13,18)(H,14,15,16). The number of amides is 1. The Kier molecular flexibility index (Phi) is 4.86. The van der Waals surface area contributed by atoms with Crippen LogP contribution < -0.4 is 5.32 Å². The van der Waals surface area contributed by atoms with Crippen LogP contribution in [0.25, 0.3) is 0 Å². The molecule has 0 unspecified atom stereocenters. The molecule has 0 aromatic carbocycles. The maximum absolute atomic E-state index is 11.8. The van der Waals surface area contributed by atoms with Crippen molar-refractivity contribution in [1.82, 2.24) is 25.4 Å². The summed E-state index contributed by atoms with van der Waals surface area (Å²) in [6, 6.07) is 0. The van der Waals surface area contributed by atoms with Gasteiger partial charge >= 0.3 is 0 Å². The van der Waals surface area contributed by atoms with E-state index in [1.54, 1.807) is 7.11 Å². The second-order valence-electron chi connectivity index (χ2n) is 4.87. The van der Waals surface area contributed by atoms with Gasteiger partial charge in [0.2, 0.25) is 5.82 Å². The fourth-order valence-corrected chi connectivity index (χ4v) is 1.71. The van der Waals surface area contributed by atoms with Crippen LogP contribution in [0.3, 0.4) is 0 Å². The minimum Gasteiger partial charge on any atom is -0.383 e. The number of ether oxygens (including phenoxy) is 1. The molecule has 7 nitrogen and oxygen atoms in total. The lowest BCUT2D eigenvalue weighted by molar-refractivity contribution is 0.0937. The molecule has 0 atom stereocenters. The minimum atomic E-state index is -0.219. The number of likely N-dealkylation sites (N-methyl/N-ethyl adjacent to an activating group) is 1. The molecule has 0 radical (unpaired) electrons. The van der Waals surface area contributed by atoms with Crippen molar-refractivity contribution in [2.24, 2.45) is 0 Å². The van der Waals surface area contributed by atoms with Gasteiger partial charge in [-0.2, -0.15) is 0 Å². The molecule has 106 valence electrons. The highest BCUT2D eigenvalue weighted by Gasteiger charge is 2.28. The van der Waals surface area contributed by atoms with Crippen LogP contribution in [0.1, 0.15) is 35.2 Å². The SMILES string of the molecule is COCCN(C)CCNC(=O)c1n[nH]c(C2CC2)n1. The van der Waals surface area contributed by atoms with E-state index in [0.717, 1.165) is 31.8 Å². The first-order chi connectivity index (χ1) is 9.20. The highest BCUT2D eigenvalue weighted by atomic mass is 16.5. The molecule has 1 saturated carbocycles. The Morgan fingerprint density at radius 3 is 3.00 bits per heavy atom. The summed E-state index contributed by atoms with van der Waals surface area (Å²) in [6.45, 7) is 2.89. The number of hydrogen-bond acceptors (Lipinski definition) is 5. The second kappa shape index (κ2) is 6.63. The van der Waals surface area contributed by atoms with Crippen LogP contribution in [-0.4, -0.2) is 66.4 Å². The number of nitrogens with one attached hydrogen (secondary N) is 2. The summed E-state index contributed by atoms with van der Waals surface area (Å²) < 4.78 is 4.99. The number of methoxy groups -OCH3 is 1. The number of aromatic amines is 1. The fraction of sp³-hybridized carbons (Fsp3) is 0.750. The molecule has 0 spiro atoms. The molecule has 1 aliphatic rings. The molecule has 0 bridgehead atoms. The molecular weight excluding hydrogens is 246 g/mol. The van der Waals surface area contributed by atoms with Gasteiger partial charge in [0.1, 0.15) is 5.82 Å². The van der Waals surface area contributed by atoms with Crippen LogP contribution in [0.4, 0.5) is 0 Å². The van der Waals surface area contributed by atoms with Crippen molar-refractivity contribution in [3.63, 3.8) is 0 Å². The van der Waals surface area contributed by atoms with Crippen LogP contribution >= 0.6 is 0 Å². The number of carbonyl (C=O) groups excluding carboxylic acids is 1. The highest BCUT2D eigenvalue weighted by Crippen LogP contribution is 2.37. The molecule has 19 heavy (non-hydrogen) atoms. The third-order valence-electron chi connectivity index (χ3n) is 3.13. The largest absolute Gasteiger partial charge is 0.383 e. The topological polar surface area (TPSA) is 83.1 Å². The van der Waals surface area contributed by atoms with Crippen LogP contribution in [0.15, 0.2) is 0 Å². The number of hydrogen-bond donors (Lipinski definition) is 2. The van der Waals surface area contributed by atoms with E-state index in [1.807, 2.05) is 7.05 Å². The number of nitrogens with zero attached hydrogens (tertiary/aromatic N) is 3. The molecule has 1 aliphatic carbocycles. The zero-order valence-electron chi connectivity index (χ0n) is 11.5. The lowest BCUT2D eigenvalue weighted by Crippen LogP contribution is -2.34. The summed E-state index contributed by atoms with van der Waals surface area (Å²) in [4.78, 5) is 18.1. The second-order valence-corrected chi connectivity index (χ2v) is 4.87. The molecule has 2 N–H and O–H groups in total. The van der Waals surface area contributed by atoms with Gasteiger partial charge in [-0.15, -0.1) is 5.10 Å². The van der Waals surface area contributed by atoms with Crippen LogP contribution in [0.2, 0.25) is 0 Å². The zero-order valence-corrected chi connectivity index (χ0v) is 11.5. The minimum absolute atomic E-state index is 0.219. The fourth-order valence-electron chi connectivity index (χ4n) is 1.71. The van der Waals surface area contributed by atoms with Crippen LogP contribution in [0.5, 0.6) is 0 Å². The van der Waals surface area contributed by atoms with Crippen molar-refractivity contribution in [2.45, 2.75) is 18.8 Å². The number of aromatic nitrogens is 3. The molecule has 1 aromatic rings. The predicted molar refractivity (Wildman–Crippen MR) is 70.1 cm³/mol. The van der Waals surface area contributed by atoms with Crippen molar-refractivity contribution in [2.75, 3.05) is 40.4 Å². The molecule has 0 aliphatic heterocycles. The van der Waals surface area contributed by atoms with Gasteiger partial charge in [0.05, 0.1) is 6.61 Å². The van der Waals surface area contributed by atoms with Crippen molar-refractivity contribution in [1.29, 1.82) is 0 Å². The molecule has 1 heterocycles. The molecule has 0 saturated heterocycles. The van der Waals surface area contributed by atoms with Crippen LogP contribution in [0, 0.1) is 0 Å². The summed E-state index contributed by atoms with van der Waals surface area (Å²) in [6.07, 6.45) is 2.28. The summed E-state index contributed by atoms with van der Waals surface area (Å²) in [5.41, 5.74) is 0. The van der Waals surface area contributed by atoms with E-state index in [0.29, 0.717) is 19.1 Å². The number of rotatable bonds is 8. The average Bonchev–Trinajstić information content (AvgIpc) is 3.14. The van der Waals surface area contributed by atoms with Gasteiger partial charge in [0.15, 0.2) is 0 Å². The third-order valence-corrected chi connectivity index (χ3v) is 3.13. The summed E-state index contributed by atoms with van der Waals surface area (Å²) >= 11 is 0. The molecule has 1 amide bonds. The maximum atomic E-state index is 11.8. The van der Waals surface area contributed by atoms with E-state index in [2.05, 4.69) is 25.4 Å². The van der Waals surface area contributed by atoms with E-state index >= 15 is 0 Å². The monoisotopic (exact) mass is 267 g/mol. The predicted octanol–water partition coefficient (Wildman–Crippen LogP) is -0.00990. The number of H-pyrrole nitrogens is 1. The van der Waals surface area contributed by atoms with Gasteiger partial charge in [-0.1, -0.05) is 0 Å². The van der Waals surface area contributed by atoms with E-state index in [4.69, 9.17) is 4.74 Å².